The molecular formula is C11H18N2O4. The van der Waals surface area contributed by atoms with Crippen molar-refractivity contribution < 1.29 is 19.5 Å². The van der Waals surface area contributed by atoms with Gasteiger partial charge in [0.25, 0.3) is 0 Å². The smallest absolute Gasteiger partial charge is 0.311 e. The Labute approximate surface area is 99.8 Å². The fourth-order valence-electron chi connectivity index (χ4n) is 1.57. The van der Waals surface area contributed by atoms with Gasteiger partial charge in [-0.1, -0.05) is 6.92 Å². The van der Waals surface area contributed by atoms with Crippen molar-refractivity contribution in [1.82, 2.24) is 10.6 Å². The van der Waals surface area contributed by atoms with Crippen LogP contribution in [0.2, 0.25) is 0 Å². The van der Waals surface area contributed by atoms with Crippen LogP contribution in [0.25, 0.3) is 0 Å². The number of hydrogen-bond donors (Lipinski definition) is 3. The van der Waals surface area contributed by atoms with Gasteiger partial charge in [-0.3, -0.25) is 14.4 Å². The van der Waals surface area contributed by atoms with Crippen molar-refractivity contribution in [2.24, 2.45) is 11.3 Å². The van der Waals surface area contributed by atoms with Crippen LogP contribution in [0.1, 0.15) is 26.7 Å². The molecule has 96 valence electrons. The molecule has 0 aromatic carbocycles. The summed E-state index contributed by atoms with van der Waals surface area (Å²) in [5.74, 6) is -1.70. The molecule has 0 radical (unpaired) electrons. The SMILES string of the molecule is CCC(C)(CNC(=O)C1CNC(=O)C1)C(=O)O. The molecule has 1 rings (SSSR count). The second kappa shape index (κ2) is 5.16. The normalized spacial score (nSPS) is 22.7. The molecule has 3 N–H and O–H groups in total. The fourth-order valence-corrected chi connectivity index (χ4v) is 1.57. The second-order valence-electron chi connectivity index (χ2n) is 4.64. The van der Waals surface area contributed by atoms with Crippen molar-refractivity contribution in [3.63, 3.8) is 0 Å². The van der Waals surface area contributed by atoms with Crippen LogP contribution in [0.5, 0.6) is 0 Å². The van der Waals surface area contributed by atoms with E-state index >= 15 is 0 Å². The molecule has 2 atom stereocenters. The summed E-state index contributed by atoms with van der Waals surface area (Å²) in [5, 5.41) is 14.2. The molecule has 6 heteroatoms. The Hall–Kier alpha value is -1.59. The maximum absolute atomic E-state index is 11.7. The second-order valence-corrected chi connectivity index (χ2v) is 4.64. The minimum atomic E-state index is -0.953. The van der Waals surface area contributed by atoms with Crippen LogP contribution >= 0.6 is 0 Å². The van der Waals surface area contributed by atoms with E-state index in [2.05, 4.69) is 10.6 Å². The Morgan fingerprint density at radius 1 is 1.59 bits per heavy atom. The predicted molar refractivity (Wildman–Crippen MR) is 60.2 cm³/mol. The van der Waals surface area contributed by atoms with Crippen molar-refractivity contribution in [3.8, 4) is 0 Å². The maximum Gasteiger partial charge on any atom is 0.311 e. The molecule has 2 amide bonds. The molecule has 1 aliphatic rings. The molecule has 0 aromatic rings. The third kappa shape index (κ3) is 3.18. The van der Waals surface area contributed by atoms with Crippen LogP contribution in [-0.2, 0) is 14.4 Å². The van der Waals surface area contributed by atoms with E-state index in [1.54, 1.807) is 13.8 Å². The van der Waals surface area contributed by atoms with Gasteiger partial charge in [-0.25, -0.2) is 0 Å². The summed E-state index contributed by atoms with van der Waals surface area (Å²) in [7, 11) is 0. The van der Waals surface area contributed by atoms with Crippen molar-refractivity contribution >= 4 is 17.8 Å². The van der Waals surface area contributed by atoms with E-state index in [0.717, 1.165) is 0 Å². The minimum absolute atomic E-state index is 0.0857. The highest BCUT2D eigenvalue weighted by atomic mass is 16.4. The average molecular weight is 242 g/mol. The van der Waals surface area contributed by atoms with E-state index in [9.17, 15) is 14.4 Å². The Morgan fingerprint density at radius 2 is 2.24 bits per heavy atom. The third-order valence-corrected chi connectivity index (χ3v) is 3.30. The molecule has 1 aliphatic heterocycles. The topological polar surface area (TPSA) is 95.5 Å². The number of hydrogen-bond acceptors (Lipinski definition) is 3. The molecule has 1 heterocycles. The van der Waals surface area contributed by atoms with Gasteiger partial charge in [-0.15, -0.1) is 0 Å². The van der Waals surface area contributed by atoms with E-state index in [1.807, 2.05) is 0 Å². The molecule has 0 aromatic heterocycles. The van der Waals surface area contributed by atoms with Gasteiger partial charge in [0.15, 0.2) is 0 Å². The molecule has 17 heavy (non-hydrogen) atoms. The summed E-state index contributed by atoms with van der Waals surface area (Å²) in [6, 6.07) is 0. The average Bonchev–Trinajstić information content (AvgIpc) is 2.72. The largest absolute Gasteiger partial charge is 0.481 e. The fraction of sp³-hybridized carbons (Fsp3) is 0.727. The van der Waals surface area contributed by atoms with Crippen LogP contribution in [0.4, 0.5) is 0 Å². The van der Waals surface area contributed by atoms with Crippen LogP contribution in [0, 0.1) is 11.3 Å². The molecule has 1 fully saturated rings. The number of carboxylic acids is 1. The summed E-state index contributed by atoms with van der Waals surface area (Å²) in [4.78, 5) is 33.6. The number of rotatable bonds is 5. The number of carbonyl (C=O) groups excluding carboxylic acids is 2. The van der Waals surface area contributed by atoms with Crippen molar-refractivity contribution in [2.75, 3.05) is 13.1 Å². The Balaban J connectivity index is 2.47. The van der Waals surface area contributed by atoms with E-state index in [1.165, 1.54) is 0 Å². The van der Waals surface area contributed by atoms with Crippen LogP contribution in [0.15, 0.2) is 0 Å². The van der Waals surface area contributed by atoms with Gasteiger partial charge in [0, 0.05) is 19.5 Å². The van der Waals surface area contributed by atoms with Gasteiger partial charge in [0.1, 0.15) is 0 Å². The lowest BCUT2D eigenvalue weighted by atomic mass is 9.87. The number of carbonyl (C=O) groups is 3. The molecular weight excluding hydrogens is 224 g/mol. The van der Waals surface area contributed by atoms with Crippen molar-refractivity contribution in [1.29, 1.82) is 0 Å². The first kappa shape index (κ1) is 13.5. The highest BCUT2D eigenvalue weighted by molar-refractivity contribution is 5.89. The number of amides is 2. The quantitative estimate of drug-likeness (QED) is 0.619. The van der Waals surface area contributed by atoms with Crippen LogP contribution in [0.3, 0.4) is 0 Å². The molecule has 6 nitrogen and oxygen atoms in total. The summed E-state index contributed by atoms with van der Waals surface area (Å²) in [5.41, 5.74) is -0.953. The lowest BCUT2D eigenvalue weighted by Gasteiger charge is -2.23. The van der Waals surface area contributed by atoms with Crippen molar-refractivity contribution in [2.45, 2.75) is 26.7 Å². The van der Waals surface area contributed by atoms with Gasteiger partial charge in [-0.05, 0) is 13.3 Å². The molecule has 0 aliphatic carbocycles. The minimum Gasteiger partial charge on any atom is -0.481 e. The Kier molecular flexibility index (Phi) is 4.09. The van der Waals surface area contributed by atoms with Gasteiger partial charge in [0.2, 0.25) is 11.8 Å². The zero-order valence-corrected chi connectivity index (χ0v) is 10.1. The zero-order valence-electron chi connectivity index (χ0n) is 10.1. The van der Waals surface area contributed by atoms with E-state index in [0.29, 0.717) is 13.0 Å². The zero-order chi connectivity index (χ0) is 13.1. The molecule has 0 spiro atoms. The molecule has 0 bridgehead atoms. The van der Waals surface area contributed by atoms with E-state index < -0.39 is 11.4 Å². The van der Waals surface area contributed by atoms with Gasteiger partial charge in [-0.2, -0.15) is 0 Å². The lowest BCUT2D eigenvalue weighted by Crippen LogP contribution is -2.43. The maximum atomic E-state index is 11.7. The highest BCUT2D eigenvalue weighted by Gasteiger charge is 2.33. The first-order valence-electron chi connectivity index (χ1n) is 5.67. The third-order valence-electron chi connectivity index (χ3n) is 3.30. The standard InChI is InChI=1S/C11H18N2O4/c1-3-11(2,10(16)17)6-13-9(15)7-4-8(14)12-5-7/h7H,3-6H2,1-2H3,(H,12,14)(H,13,15)(H,16,17). The van der Waals surface area contributed by atoms with Gasteiger partial charge >= 0.3 is 5.97 Å². The number of nitrogens with one attached hydrogen (secondary N) is 2. The van der Waals surface area contributed by atoms with Crippen LogP contribution < -0.4 is 10.6 Å². The first-order chi connectivity index (χ1) is 7.89. The van der Waals surface area contributed by atoms with E-state index in [-0.39, 0.29) is 30.7 Å². The number of carboxylic acid groups (broad SMARTS) is 1. The summed E-state index contributed by atoms with van der Waals surface area (Å²) in [6.07, 6.45) is 0.617. The lowest BCUT2D eigenvalue weighted by molar-refractivity contribution is -0.148. The summed E-state index contributed by atoms with van der Waals surface area (Å²) in [6.45, 7) is 3.78. The van der Waals surface area contributed by atoms with Gasteiger partial charge in [0.05, 0.1) is 11.3 Å². The predicted octanol–water partition coefficient (Wildman–Crippen LogP) is -0.260. The Bertz CT molecular complexity index is 342. The van der Waals surface area contributed by atoms with E-state index in [4.69, 9.17) is 5.11 Å². The summed E-state index contributed by atoms with van der Waals surface area (Å²) >= 11 is 0. The Morgan fingerprint density at radius 3 is 2.65 bits per heavy atom. The molecule has 0 saturated carbocycles. The van der Waals surface area contributed by atoms with Crippen molar-refractivity contribution in [3.05, 3.63) is 0 Å². The van der Waals surface area contributed by atoms with Crippen LogP contribution in [-0.4, -0.2) is 36.0 Å². The molecule has 2 unspecified atom stereocenters. The first-order valence-corrected chi connectivity index (χ1v) is 5.67. The number of aliphatic carboxylic acids is 1. The highest BCUT2D eigenvalue weighted by Crippen LogP contribution is 2.20. The molecule has 1 saturated heterocycles. The monoisotopic (exact) mass is 242 g/mol. The van der Waals surface area contributed by atoms with Gasteiger partial charge < -0.3 is 15.7 Å². The summed E-state index contributed by atoms with van der Waals surface area (Å²) < 4.78 is 0.